The third kappa shape index (κ3) is 4.51. The van der Waals surface area contributed by atoms with Gasteiger partial charge in [0.05, 0.1) is 23.8 Å². The SMILES string of the molecule is O=C(O)c1ccc(C(=O)NCCCOC2CCOC2)c(F)c1. The minimum atomic E-state index is -1.24. The number of carboxylic acid groups (broad SMARTS) is 1. The van der Waals surface area contributed by atoms with Gasteiger partial charge >= 0.3 is 5.97 Å². The van der Waals surface area contributed by atoms with E-state index in [1.54, 1.807) is 0 Å². The van der Waals surface area contributed by atoms with Gasteiger partial charge in [-0.15, -0.1) is 0 Å². The molecule has 0 spiro atoms. The maximum absolute atomic E-state index is 13.7. The van der Waals surface area contributed by atoms with Gasteiger partial charge in [-0.05, 0) is 31.0 Å². The Morgan fingerprint density at radius 2 is 2.27 bits per heavy atom. The van der Waals surface area contributed by atoms with Gasteiger partial charge in [0.2, 0.25) is 0 Å². The van der Waals surface area contributed by atoms with Gasteiger partial charge in [0, 0.05) is 19.8 Å². The molecule has 22 heavy (non-hydrogen) atoms. The van der Waals surface area contributed by atoms with E-state index in [1.165, 1.54) is 12.1 Å². The van der Waals surface area contributed by atoms with Gasteiger partial charge < -0.3 is 19.9 Å². The Bertz CT molecular complexity index is 543. The van der Waals surface area contributed by atoms with Crippen LogP contribution in [0.15, 0.2) is 18.2 Å². The summed E-state index contributed by atoms with van der Waals surface area (Å²) in [5, 5.41) is 11.3. The Balaban J connectivity index is 1.73. The average Bonchev–Trinajstić information content (AvgIpc) is 2.99. The summed E-state index contributed by atoms with van der Waals surface area (Å²) in [6.45, 7) is 2.17. The van der Waals surface area contributed by atoms with Crippen molar-refractivity contribution in [1.29, 1.82) is 0 Å². The molecular weight excluding hydrogens is 293 g/mol. The first-order valence-corrected chi connectivity index (χ1v) is 7.08. The third-order valence-electron chi connectivity index (χ3n) is 3.31. The largest absolute Gasteiger partial charge is 0.478 e. The molecule has 1 aliphatic rings. The van der Waals surface area contributed by atoms with E-state index >= 15 is 0 Å². The van der Waals surface area contributed by atoms with Crippen molar-refractivity contribution in [3.63, 3.8) is 0 Å². The molecule has 0 saturated carbocycles. The van der Waals surface area contributed by atoms with E-state index in [4.69, 9.17) is 14.6 Å². The molecule has 1 unspecified atom stereocenters. The van der Waals surface area contributed by atoms with E-state index in [1.807, 2.05) is 0 Å². The molecule has 1 aliphatic heterocycles. The van der Waals surface area contributed by atoms with E-state index < -0.39 is 17.7 Å². The molecule has 0 aliphatic carbocycles. The van der Waals surface area contributed by atoms with E-state index in [0.717, 1.165) is 12.5 Å². The molecule has 7 heteroatoms. The number of aromatic carboxylic acids is 1. The van der Waals surface area contributed by atoms with Crippen molar-refractivity contribution in [3.05, 3.63) is 35.1 Å². The Morgan fingerprint density at radius 3 is 2.91 bits per heavy atom. The molecule has 1 atom stereocenters. The molecule has 1 amide bonds. The molecule has 1 heterocycles. The molecule has 120 valence electrons. The number of benzene rings is 1. The van der Waals surface area contributed by atoms with Gasteiger partial charge in [-0.1, -0.05) is 0 Å². The molecule has 1 fully saturated rings. The molecule has 1 saturated heterocycles. The number of carbonyl (C=O) groups is 2. The monoisotopic (exact) mass is 311 g/mol. The van der Waals surface area contributed by atoms with Crippen LogP contribution in [0.3, 0.4) is 0 Å². The van der Waals surface area contributed by atoms with Crippen molar-refractivity contribution in [3.8, 4) is 0 Å². The van der Waals surface area contributed by atoms with Crippen molar-refractivity contribution in [2.24, 2.45) is 0 Å². The van der Waals surface area contributed by atoms with Crippen LogP contribution in [0.1, 0.15) is 33.6 Å². The van der Waals surface area contributed by atoms with Crippen LogP contribution >= 0.6 is 0 Å². The van der Waals surface area contributed by atoms with Crippen LogP contribution in [0, 0.1) is 5.82 Å². The first-order chi connectivity index (χ1) is 10.6. The number of nitrogens with one attached hydrogen (secondary N) is 1. The van der Waals surface area contributed by atoms with E-state index in [9.17, 15) is 14.0 Å². The van der Waals surface area contributed by atoms with Crippen LogP contribution in [0.25, 0.3) is 0 Å². The van der Waals surface area contributed by atoms with Crippen molar-refractivity contribution >= 4 is 11.9 Å². The van der Waals surface area contributed by atoms with Gasteiger partial charge in [0.1, 0.15) is 5.82 Å². The first kappa shape index (κ1) is 16.4. The van der Waals surface area contributed by atoms with Crippen LogP contribution in [0.4, 0.5) is 4.39 Å². The Kier molecular flexibility index (Phi) is 5.85. The minimum Gasteiger partial charge on any atom is -0.478 e. The predicted molar refractivity (Wildman–Crippen MR) is 75.5 cm³/mol. The second-order valence-corrected chi connectivity index (χ2v) is 4.97. The summed E-state index contributed by atoms with van der Waals surface area (Å²) in [5.41, 5.74) is -0.364. The molecule has 0 bridgehead atoms. The van der Waals surface area contributed by atoms with Crippen molar-refractivity contribution in [2.75, 3.05) is 26.4 Å². The van der Waals surface area contributed by atoms with Crippen LogP contribution in [0.5, 0.6) is 0 Å². The van der Waals surface area contributed by atoms with Crippen LogP contribution in [-0.2, 0) is 9.47 Å². The van der Waals surface area contributed by atoms with Gasteiger partial charge in [0.15, 0.2) is 0 Å². The fourth-order valence-electron chi connectivity index (χ4n) is 2.10. The van der Waals surface area contributed by atoms with Crippen molar-refractivity contribution in [2.45, 2.75) is 18.9 Å². The molecule has 0 aromatic heterocycles. The summed E-state index contributed by atoms with van der Waals surface area (Å²) in [5.74, 6) is -2.66. The Hall–Kier alpha value is -1.99. The Labute approximate surface area is 127 Å². The van der Waals surface area contributed by atoms with Crippen molar-refractivity contribution < 1.29 is 28.6 Å². The maximum Gasteiger partial charge on any atom is 0.335 e. The molecular formula is C15H18FNO5. The average molecular weight is 311 g/mol. The summed E-state index contributed by atoms with van der Waals surface area (Å²) in [4.78, 5) is 22.5. The predicted octanol–water partition coefficient (Wildman–Crippen LogP) is 1.45. The zero-order valence-corrected chi connectivity index (χ0v) is 12.0. The summed E-state index contributed by atoms with van der Waals surface area (Å²) in [6.07, 6.45) is 1.61. The highest BCUT2D eigenvalue weighted by atomic mass is 19.1. The lowest BCUT2D eigenvalue weighted by molar-refractivity contribution is 0.0415. The highest BCUT2D eigenvalue weighted by Gasteiger charge is 2.16. The summed E-state index contributed by atoms with van der Waals surface area (Å²) < 4.78 is 24.4. The van der Waals surface area contributed by atoms with Gasteiger partial charge in [0.25, 0.3) is 5.91 Å². The van der Waals surface area contributed by atoms with Crippen LogP contribution in [0.2, 0.25) is 0 Å². The number of rotatable bonds is 7. The fraction of sp³-hybridized carbons (Fsp3) is 0.467. The van der Waals surface area contributed by atoms with E-state index in [2.05, 4.69) is 5.32 Å². The number of hydrogen-bond donors (Lipinski definition) is 2. The Morgan fingerprint density at radius 1 is 1.45 bits per heavy atom. The summed E-state index contributed by atoms with van der Waals surface area (Å²) >= 11 is 0. The summed E-state index contributed by atoms with van der Waals surface area (Å²) in [7, 11) is 0. The lowest BCUT2D eigenvalue weighted by Gasteiger charge is -2.10. The zero-order chi connectivity index (χ0) is 15.9. The van der Waals surface area contributed by atoms with Crippen molar-refractivity contribution in [1.82, 2.24) is 5.32 Å². The second-order valence-electron chi connectivity index (χ2n) is 4.97. The van der Waals surface area contributed by atoms with Crippen LogP contribution in [-0.4, -0.2) is 49.5 Å². The second kappa shape index (κ2) is 7.86. The molecule has 1 aromatic carbocycles. The molecule has 1 aromatic rings. The topological polar surface area (TPSA) is 84.9 Å². The maximum atomic E-state index is 13.7. The quantitative estimate of drug-likeness (QED) is 0.745. The van der Waals surface area contributed by atoms with Crippen LogP contribution < -0.4 is 5.32 Å². The normalized spacial score (nSPS) is 17.4. The number of hydrogen-bond acceptors (Lipinski definition) is 4. The fourth-order valence-corrected chi connectivity index (χ4v) is 2.10. The molecule has 0 radical (unpaired) electrons. The van der Waals surface area contributed by atoms with Gasteiger partial charge in [-0.3, -0.25) is 4.79 Å². The van der Waals surface area contributed by atoms with E-state index in [0.29, 0.717) is 32.8 Å². The highest BCUT2D eigenvalue weighted by Crippen LogP contribution is 2.11. The number of ether oxygens (including phenoxy) is 2. The summed E-state index contributed by atoms with van der Waals surface area (Å²) in [6, 6.07) is 3.20. The number of halogens is 1. The highest BCUT2D eigenvalue weighted by molar-refractivity contribution is 5.96. The third-order valence-corrected chi connectivity index (χ3v) is 3.31. The lowest BCUT2D eigenvalue weighted by Crippen LogP contribution is -2.27. The molecule has 2 rings (SSSR count). The van der Waals surface area contributed by atoms with Gasteiger partial charge in [-0.2, -0.15) is 0 Å². The van der Waals surface area contributed by atoms with E-state index in [-0.39, 0.29) is 17.2 Å². The lowest BCUT2D eigenvalue weighted by atomic mass is 10.1. The standard InChI is InChI=1S/C15H18FNO5/c16-13-8-10(15(19)20)2-3-12(13)14(18)17-5-1-6-22-11-4-7-21-9-11/h2-3,8,11H,1,4-7,9H2,(H,17,18)(H,19,20). The number of carbonyl (C=O) groups excluding carboxylic acids is 1. The number of carboxylic acids is 1. The smallest absolute Gasteiger partial charge is 0.335 e. The van der Waals surface area contributed by atoms with Gasteiger partial charge in [-0.25, -0.2) is 9.18 Å². The zero-order valence-electron chi connectivity index (χ0n) is 12.0. The molecule has 6 nitrogen and oxygen atoms in total. The molecule has 2 N–H and O–H groups in total. The number of amides is 1. The first-order valence-electron chi connectivity index (χ1n) is 7.08. The minimum absolute atomic E-state index is 0.122.